The highest BCUT2D eigenvalue weighted by atomic mass is 35.5. The van der Waals surface area contributed by atoms with Crippen molar-refractivity contribution in [2.75, 3.05) is 31.6 Å². The Bertz CT molecular complexity index is 1090. The van der Waals surface area contributed by atoms with Crippen molar-refractivity contribution in [3.63, 3.8) is 0 Å². The number of fused-ring (bicyclic) bond motifs is 2. The van der Waals surface area contributed by atoms with Gasteiger partial charge >= 0.3 is 0 Å². The maximum absolute atomic E-state index is 13.2. The summed E-state index contributed by atoms with van der Waals surface area (Å²) in [6, 6.07) is 17.6. The van der Waals surface area contributed by atoms with Gasteiger partial charge < -0.3 is 14.1 Å². The van der Waals surface area contributed by atoms with E-state index in [1.807, 2.05) is 35.2 Å². The van der Waals surface area contributed by atoms with Gasteiger partial charge in [0.1, 0.15) is 5.75 Å². The van der Waals surface area contributed by atoms with E-state index in [1.165, 1.54) is 11.1 Å². The van der Waals surface area contributed by atoms with Gasteiger partial charge in [0.05, 0.1) is 13.4 Å². The van der Waals surface area contributed by atoms with E-state index < -0.39 is 0 Å². The first-order valence-electron chi connectivity index (χ1n) is 10.6. The van der Waals surface area contributed by atoms with Crippen molar-refractivity contribution >= 4 is 23.2 Å². The van der Waals surface area contributed by atoms with Gasteiger partial charge in [0.2, 0.25) is 0 Å². The van der Waals surface area contributed by atoms with E-state index in [0.29, 0.717) is 12.3 Å². The summed E-state index contributed by atoms with van der Waals surface area (Å²) in [5.74, 6) is 1.11. The van der Waals surface area contributed by atoms with Crippen LogP contribution < -0.4 is 9.64 Å². The minimum Gasteiger partial charge on any atom is -0.497 e. The number of rotatable bonds is 4. The number of carbonyl (C=O) groups excluding carboxylic acids is 1. The largest absolute Gasteiger partial charge is 0.497 e. The van der Waals surface area contributed by atoms with Crippen LogP contribution in [0.25, 0.3) is 0 Å². The Morgan fingerprint density at radius 2 is 1.97 bits per heavy atom. The number of ether oxygens (including phenoxy) is 1. The number of amides is 1. The minimum absolute atomic E-state index is 0.0725. The van der Waals surface area contributed by atoms with Gasteiger partial charge in [0, 0.05) is 29.2 Å². The molecule has 160 valence electrons. The Morgan fingerprint density at radius 3 is 2.68 bits per heavy atom. The van der Waals surface area contributed by atoms with Gasteiger partial charge in [0.15, 0.2) is 5.76 Å². The molecule has 0 N–H and O–H groups in total. The van der Waals surface area contributed by atoms with Crippen molar-refractivity contribution in [2.24, 2.45) is 0 Å². The summed E-state index contributed by atoms with van der Waals surface area (Å²) < 4.78 is 10.9. The van der Waals surface area contributed by atoms with Crippen LogP contribution in [-0.4, -0.2) is 37.6 Å². The zero-order valence-corrected chi connectivity index (χ0v) is 18.3. The topological polar surface area (TPSA) is 45.9 Å². The van der Waals surface area contributed by atoms with E-state index in [4.69, 9.17) is 20.8 Å². The molecule has 0 atom stereocenters. The number of furan rings is 1. The maximum Gasteiger partial charge on any atom is 0.293 e. The van der Waals surface area contributed by atoms with Gasteiger partial charge in [-0.15, -0.1) is 0 Å². The Hall–Kier alpha value is -2.76. The molecular weight excluding hydrogens is 412 g/mol. The van der Waals surface area contributed by atoms with Crippen LogP contribution in [0, 0.1) is 0 Å². The average molecular weight is 437 g/mol. The molecule has 2 aliphatic rings. The summed E-state index contributed by atoms with van der Waals surface area (Å²) >= 11 is 6.16. The number of nitrogens with zero attached hydrogens (tertiary/aromatic N) is 2. The van der Waals surface area contributed by atoms with Crippen LogP contribution in [0.5, 0.6) is 5.75 Å². The molecule has 0 radical (unpaired) electrons. The first-order chi connectivity index (χ1) is 15.1. The first kappa shape index (κ1) is 20.2. The molecular formula is C25H25ClN2O3. The van der Waals surface area contributed by atoms with Crippen molar-refractivity contribution < 1.29 is 13.9 Å². The molecule has 0 saturated carbocycles. The van der Waals surface area contributed by atoms with E-state index >= 15 is 0 Å². The van der Waals surface area contributed by atoms with Crippen LogP contribution in [-0.2, 0) is 12.0 Å². The fraction of sp³-hybridized carbons (Fsp3) is 0.320. The lowest BCUT2D eigenvalue weighted by atomic mass is 9.74. The molecule has 1 aromatic heterocycles. The molecule has 6 heteroatoms. The fourth-order valence-electron chi connectivity index (χ4n) is 4.95. The maximum atomic E-state index is 13.2. The van der Waals surface area contributed by atoms with Gasteiger partial charge in [-0.1, -0.05) is 23.7 Å². The number of hydrogen-bond donors (Lipinski definition) is 0. The summed E-state index contributed by atoms with van der Waals surface area (Å²) in [6.45, 7) is 3.48. The highest BCUT2D eigenvalue weighted by Gasteiger charge is 2.47. The monoisotopic (exact) mass is 436 g/mol. The second kappa shape index (κ2) is 8.06. The molecule has 1 spiro atoms. The Kier molecular flexibility index (Phi) is 5.24. The smallest absolute Gasteiger partial charge is 0.293 e. The third-order valence-electron chi connectivity index (χ3n) is 6.61. The lowest BCUT2D eigenvalue weighted by molar-refractivity contribution is 0.0949. The third kappa shape index (κ3) is 3.73. The summed E-state index contributed by atoms with van der Waals surface area (Å²) in [4.78, 5) is 17.5. The summed E-state index contributed by atoms with van der Waals surface area (Å²) in [7, 11) is 1.68. The van der Waals surface area contributed by atoms with Crippen LogP contribution in [0.15, 0.2) is 65.3 Å². The van der Waals surface area contributed by atoms with Gasteiger partial charge in [0.25, 0.3) is 5.91 Å². The highest BCUT2D eigenvalue weighted by molar-refractivity contribution is 6.30. The number of halogens is 1. The van der Waals surface area contributed by atoms with Gasteiger partial charge in [-0.2, -0.15) is 0 Å². The number of piperidine rings is 1. The lowest BCUT2D eigenvalue weighted by Gasteiger charge is -2.40. The normalized spacial score (nSPS) is 17.7. The summed E-state index contributed by atoms with van der Waals surface area (Å²) in [5, 5.41) is 0.773. The predicted octanol–water partition coefficient (Wildman–Crippen LogP) is 5.14. The first-order valence-corrected chi connectivity index (χ1v) is 11.0. The lowest BCUT2D eigenvalue weighted by Crippen LogP contribution is -2.45. The number of anilines is 1. The van der Waals surface area contributed by atoms with E-state index in [2.05, 4.69) is 17.0 Å². The molecule has 2 aromatic carbocycles. The van der Waals surface area contributed by atoms with Crippen molar-refractivity contribution in [1.29, 1.82) is 0 Å². The molecule has 3 heterocycles. The predicted molar refractivity (Wildman–Crippen MR) is 121 cm³/mol. The molecule has 0 aliphatic carbocycles. The standard InChI is InChI=1S/C25H25ClN2O3/c1-30-20-7-8-22-21(15-20)25(17-28(22)24(29)23-6-3-13-31-23)9-11-27(12-10-25)16-18-4-2-5-19(26)14-18/h2-8,13-15H,9-12,16-17H2,1H3. The van der Waals surface area contributed by atoms with E-state index in [9.17, 15) is 4.79 Å². The van der Waals surface area contributed by atoms with Crippen LogP contribution in [0.1, 0.15) is 34.5 Å². The van der Waals surface area contributed by atoms with Crippen LogP contribution in [0.4, 0.5) is 5.69 Å². The van der Waals surface area contributed by atoms with Crippen LogP contribution in [0.3, 0.4) is 0 Å². The fourth-order valence-corrected chi connectivity index (χ4v) is 5.16. The number of methoxy groups -OCH3 is 1. The molecule has 0 bridgehead atoms. The van der Waals surface area contributed by atoms with E-state index in [0.717, 1.165) is 48.9 Å². The number of hydrogen-bond acceptors (Lipinski definition) is 4. The Balaban J connectivity index is 1.40. The SMILES string of the molecule is COc1ccc2c(c1)C1(CCN(Cc3cccc(Cl)c3)CC1)CN2C(=O)c1ccco1. The molecule has 5 nitrogen and oxygen atoms in total. The highest BCUT2D eigenvalue weighted by Crippen LogP contribution is 2.48. The molecule has 0 unspecified atom stereocenters. The van der Waals surface area contributed by atoms with E-state index in [1.54, 1.807) is 25.5 Å². The van der Waals surface area contributed by atoms with Crippen LogP contribution in [0.2, 0.25) is 5.02 Å². The zero-order valence-electron chi connectivity index (χ0n) is 17.5. The number of carbonyl (C=O) groups is 1. The second-order valence-corrected chi connectivity index (χ2v) is 8.87. The number of likely N-dealkylation sites (tertiary alicyclic amines) is 1. The van der Waals surface area contributed by atoms with Crippen molar-refractivity contribution in [1.82, 2.24) is 4.90 Å². The summed E-state index contributed by atoms with van der Waals surface area (Å²) in [5.41, 5.74) is 3.32. The Morgan fingerprint density at radius 1 is 1.13 bits per heavy atom. The van der Waals surface area contributed by atoms with Crippen molar-refractivity contribution in [3.05, 3.63) is 82.8 Å². The van der Waals surface area contributed by atoms with E-state index in [-0.39, 0.29) is 11.3 Å². The van der Waals surface area contributed by atoms with Crippen molar-refractivity contribution in [2.45, 2.75) is 24.8 Å². The molecule has 5 rings (SSSR count). The zero-order chi connectivity index (χ0) is 21.4. The molecule has 3 aromatic rings. The molecule has 1 saturated heterocycles. The third-order valence-corrected chi connectivity index (χ3v) is 6.85. The molecule has 2 aliphatic heterocycles. The molecule has 1 amide bonds. The van der Waals surface area contributed by atoms with Gasteiger partial charge in [-0.3, -0.25) is 9.69 Å². The Labute approximate surface area is 187 Å². The number of benzene rings is 2. The van der Waals surface area contributed by atoms with Gasteiger partial charge in [-0.05, 0) is 79.5 Å². The summed E-state index contributed by atoms with van der Waals surface area (Å²) in [6.07, 6.45) is 3.51. The van der Waals surface area contributed by atoms with Crippen molar-refractivity contribution in [3.8, 4) is 5.75 Å². The second-order valence-electron chi connectivity index (χ2n) is 8.44. The van der Waals surface area contributed by atoms with Gasteiger partial charge in [-0.25, -0.2) is 0 Å². The quantitative estimate of drug-likeness (QED) is 0.568. The minimum atomic E-state index is -0.0883. The average Bonchev–Trinajstić information content (AvgIpc) is 3.42. The molecule has 31 heavy (non-hydrogen) atoms. The molecule has 1 fully saturated rings. The van der Waals surface area contributed by atoms with Crippen LogP contribution >= 0.6 is 11.6 Å².